The third-order valence-electron chi connectivity index (χ3n) is 2.18. The van der Waals surface area contributed by atoms with Crippen LogP contribution in [0.5, 0.6) is 0 Å². The summed E-state index contributed by atoms with van der Waals surface area (Å²) in [6.45, 7) is 8.68. The fourth-order valence-corrected chi connectivity index (χ4v) is 1.45. The Bertz CT molecular complexity index is 86.1. The second-order valence-corrected chi connectivity index (χ2v) is 3.72. The molecule has 0 saturated carbocycles. The maximum atomic E-state index is 5.98. The Labute approximate surface area is 70.5 Å². The monoisotopic (exact) mass is 161 g/mol. The zero-order valence-corrected chi connectivity index (χ0v) is 8.28. The van der Waals surface area contributed by atoms with Gasteiger partial charge >= 0.3 is 0 Å². The van der Waals surface area contributed by atoms with E-state index in [9.17, 15) is 0 Å². The molecule has 0 amide bonds. The lowest BCUT2D eigenvalue weighted by Gasteiger charge is -2.29. The van der Waals surface area contributed by atoms with Gasteiger partial charge in [0.1, 0.15) is 0 Å². The van der Waals surface area contributed by atoms with Crippen LogP contribution in [0.15, 0.2) is 0 Å². The summed E-state index contributed by atoms with van der Waals surface area (Å²) in [7, 11) is 0. The Hall–Kier alpha value is -0.0800. The molecule has 0 fully saturated rings. The minimum atomic E-state index is 0. The van der Waals surface area contributed by atoms with Crippen molar-refractivity contribution < 1.29 is 5.48 Å². The average Bonchev–Trinajstić information content (AvgIpc) is 1.80. The highest BCUT2D eigenvalue weighted by molar-refractivity contribution is 4.80. The predicted molar refractivity (Wildman–Crippen MR) is 50.6 cm³/mol. The summed E-state index contributed by atoms with van der Waals surface area (Å²) < 4.78 is 0. The molecular formula is C9H23NO. The van der Waals surface area contributed by atoms with E-state index in [0.717, 1.165) is 0 Å². The van der Waals surface area contributed by atoms with E-state index >= 15 is 0 Å². The smallest absolute Gasteiger partial charge is 0.0125 e. The van der Waals surface area contributed by atoms with Gasteiger partial charge in [-0.25, -0.2) is 0 Å². The maximum Gasteiger partial charge on any atom is 0.0125 e. The van der Waals surface area contributed by atoms with E-state index in [1.807, 2.05) is 0 Å². The van der Waals surface area contributed by atoms with Crippen LogP contribution in [0.1, 0.15) is 47.0 Å². The van der Waals surface area contributed by atoms with Gasteiger partial charge in [-0.05, 0) is 26.2 Å². The van der Waals surface area contributed by atoms with Gasteiger partial charge in [0, 0.05) is 5.54 Å². The van der Waals surface area contributed by atoms with Crippen molar-refractivity contribution in [2.45, 2.75) is 52.5 Å². The molecule has 0 radical (unpaired) electrons. The number of hydrogen-bond acceptors (Lipinski definition) is 1. The predicted octanol–water partition coefficient (Wildman–Crippen LogP) is 1.73. The Kier molecular flexibility index (Phi) is 6.82. The molecule has 0 spiro atoms. The van der Waals surface area contributed by atoms with Crippen LogP contribution in [0, 0.1) is 5.92 Å². The van der Waals surface area contributed by atoms with Gasteiger partial charge in [-0.3, -0.25) is 0 Å². The standard InChI is InChI=1S/C9H21N.H2O/c1-5-7-8(6-2)9(3,4)10;/h8H,5-7,10H2,1-4H3;1H2. The van der Waals surface area contributed by atoms with Crippen LogP contribution < -0.4 is 5.73 Å². The van der Waals surface area contributed by atoms with Crippen LogP contribution in [0.3, 0.4) is 0 Å². The minimum Gasteiger partial charge on any atom is -0.412 e. The largest absolute Gasteiger partial charge is 0.412 e. The summed E-state index contributed by atoms with van der Waals surface area (Å²) in [4.78, 5) is 0. The molecule has 0 heterocycles. The summed E-state index contributed by atoms with van der Waals surface area (Å²) in [6.07, 6.45) is 3.72. The number of hydrogen-bond donors (Lipinski definition) is 1. The van der Waals surface area contributed by atoms with Crippen LogP contribution in [0.25, 0.3) is 0 Å². The Morgan fingerprint density at radius 1 is 1.27 bits per heavy atom. The van der Waals surface area contributed by atoms with Crippen LogP contribution in [-0.2, 0) is 0 Å². The topological polar surface area (TPSA) is 57.5 Å². The molecule has 0 aliphatic heterocycles. The molecule has 0 bridgehead atoms. The van der Waals surface area contributed by atoms with Gasteiger partial charge in [0.2, 0.25) is 0 Å². The van der Waals surface area contributed by atoms with E-state index in [4.69, 9.17) is 5.73 Å². The molecule has 0 aliphatic carbocycles. The average molecular weight is 161 g/mol. The van der Waals surface area contributed by atoms with Crippen molar-refractivity contribution in [3.8, 4) is 0 Å². The van der Waals surface area contributed by atoms with E-state index in [-0.39, 0.29) is 11.0 Å². The van der Waals surface area contributed by atoms with Crippen molar-refractivity contribution in [3.63, 3.8) is 0 Å². The second-order valence-electron chi connectivity index (χ2n) is 3.72. The lowest BCUT2D eigenvalue weighted by atomic mass is 9.83. The molecule has 70 valence electrons. The van der Waals surface area contributed by atoms with Gasteiger partial charge in [0.25, 0.3) is 0 Å². The van der Waals surface area contributed by atoms with E-state index in [1.165, 1.54) is 19.3 Å². The fourth-order valence-electron chi connectivity index (χ4n) is 1.45. The quantitative estimate of drug-likeness (QED) is 0.670. The van der Waals surface area contributed by atoms with Crippen LogP contribution in [0.4, 0.5) is 0 Å². The Morgan fingerprint density at radius 2 is 1.73 bits per heavy atom. The van der Waals surface area contributed by atoms with Crippen molar-refractivity contribution >= 4 is 0 Å². The van der Waals surface area contributed by atoms with Gasteiger partial charge < -0.3 is 11.2 Å². The van der Waals surface area contributed by atoms with Crippen molar-refractivity contribution in [1.29, 1.82) is 0 Å². The number of rotatable bonds is 4. The van der Waals surface area contributed by atoms with Crippen molar-refractivity contribution in [2.75, 3.05) is 0 Å². The zero-order valence-electron chi connectivity index (χ0n) is 8.28. The SMILES string of the molecule is CCCC(CC)C(C)(C)N.O. The summed E-state index contributed by atoms with van der Waals surface area (Å²) in [5.41, 5.74) is 5.99. The van der Waals surface area contributed by atoms with Crippen LogP contribution >= 0.6 is 0 Å². The van der Waals surface area contributed by atoms with Crippen LogP contribution in [-0.4, -0.2) is 11.0 Å². The van der Waals surface area contributed by atoms with Crippen molar-refractivity contribution in [3.05, 3.63) is 0 Å². The second kappa shape index (κ2) is 5.56. The molecule has 11 heavy (non-hydrogen) atoms. The highest BCUT2D eigenvalue weighted by Gasteiger charge is 2.21. The maximum absolute atomic E-state index is 5.98. The van der Waals surface area contributed by atoms with Crippen molar-refractivity contribution in [1.82, 2.24) is 0 Å². The van der Waals surface area contributed by atoms with Gasteiger partial charge in [-0.1, -0.05) is 26.7 Å². The normalized spacial score (nSPS) is 13.9. The van der Waals surface area contributed by atoms with E-state index < -0.39 is 0 Å². The summed E-state index contributed by atoms with van der Waals surface area (Å²) in [5, 5.41) is 0. The summed E-state index contributed by atoms with van der Waals surface area (Å²) in [5.74, 6) is 0.692. The molecule has 0 aromatic carbocycles. The van der Waals surface area contributed by atoms with E-state index in [2.05, 4.69) is 27.7 Å². The molecule has 2 heteroatoms. The third-order valence-corrected chi connectivity index (χ3v) is 2.18. The van der Waals surface area contributed by atoms with Crippen molar-refractivity contribution in [2.24, 2.45) is 11.7 Å². The first-order chi connectivity index (χ1) is 4.52. The number of nitrogens with two attached hydrogens (primary N) is 1. The molecule has 0 aromatic heterocycles. The lowest BCUT2D eigenvalue weighted by Crippen LogP contribution is -2.40. The Balaban J connectivity index is 0. The third kappa shape index (κ3) is 5.22. The molecule has 2 nitrogen and oxygen atoms in total. The lowest BCUT2D eigenvalue weighted by molar-refractivity contribution is 0.290. The molecule has 0 rings (SSSR count). The fraction of sp³-hybridized carbons (Fsp3) is 1.00. The summed E-state index contributed by atoms with van der Waals surface area (Å²) >= 11 is 0. The van der Waals surface area contributed by atoms with Gasteiger partial charge in [0.05, 0.1) is 0 Å². The molecule has 1 unspecified atom stereocenters. The van der Waals surface area contributed by atoms with Gasteiger partial charge in [-0.15, -0.1) is 0 Å². The molecule has 4 N–H and O–H groups in total. The van der Waals surface area contributed by atoms with Gasteiger partial charge in [-0.2, -0.15) is 0 Å². The first kappa shape index (κ1) is 13.5. The molecule has 0 aromatic rings. The molecule has 1 atom stereocenters. The minimum absolute atomic E-state index is 0. The molecule has 0 saturated heterocycles. The molecule has 0 aliphatic rings. The Morgan fingerprint density at radius 3 is 1.82 bits per heavy atom. The molecular weight excluding hydrogens is 138 g/mol. The van der Waals surface area contributed by atoms with Gasteiger partial charge in [0.15, 0.2) is 0 Å². The van der Waals surface area contributed by atoms with Crippen LogP contribution in [0.2, 0.25) is 0 Å². The highest BCUT2D eigenvalue weighted by Crippen LogP contribution is 2.21. The first-order valence-electron chi connectivity index (χ1n) is 4.31. The summed E-state index contributed by atoms with van der Waals surface area (Å²) in [6, 6.07) is 0. The zero-order chi connectivity index (χ0) is 8.20. The van der Waals surface area contributed by atoms with E-state index in [0.29, 0.717) is 5.92 Å². The van der Waals surface area contributed by atoms with E-state index in [1.54, 1.807) is 0 Å². The highest BCUT2D eigenvalue weighted by atomic mass is 16.0. The first-order valence-corrected chi connectivity index (χ1v) is 4.31.